The van der Waals surface area contributed by atoms with Crippen LogP contribution in [0.4, 0.5) is 19.0 Å². The first-order chi connectivity index (χ1) is 13.3. The molecule has 0 radical (unpaired) electrons. The van der Waals surface area contributed by atoms with Crippen molar-refractivity contribution in [1.82, 2.24) is 4.98 Å². The van der Waals surface area contributed by atoms with Gasteiger partial charge < -0.3 is 14.6 Å². The van der Waals surface area contributed by atoms with Crippen LogP contribution in [-0.4, -0.2) is 29.2 Å². The summed E-state index contributed by atoms with van der Waals surface area (Å²) in [6.45, 7) is 9.53. The maximum Gasteiger partial charge on any atom is 0.494 e. The van der Waals surface area contributed by atoms with Crippen LogP contribution < -0.4 is 10.8 Å². The Kier molecular flexibility index (Phi) is 5.25. The van der Waals surface area contributed by atoms with E-state index >= 15 is 0 Å². The number of alkyl halides is 3. The molecule has 1 aromatic heterocycles. The van der Waals surface area contributed by atoms with Gasteiger partial charge in [-0.3, -0.25) is 4.79 Å². The zero-order chi connectivity index (χ0) is 21.6. The third kappa shape index (κ3) is 4.30. The summed E-state index contributed by atoms with van der Waals surface area (Å²) >= 11 is 0. The minimum absolute atomic E-state index is 0.167. The van der Waals surface area contributed by atoms with E-state index in [1.165, 1.54) is 0 Å². The summed E-state index contributed by atoms with van der Waals surface area (Å²) in [5.74, 6) is -0.714. The number of hydrogen-bond donors (Lipinski definition) is 1. The molecule has 1 fully saturated rings. The largest absolute Gasteiger partial charge is 0.494 e. The summed E-state index contributed by atoms with van der Waals surface area (Å²) in [6.07, 6.45) is -3.50. The maximum atomic E-state index is 12.8. The first kappa shape index (κ1) is 21.3. The van der Waals surface area contributed by atoms with Crippen molar-refractivity contribution >= 4 is 24.3 Å². The summed E-state index contributed by atoms with van der Waals surface area (Å²) in [5, 5.41) is 2.41. The van der Waals surface area contributed by atoms with Crippen molar-refractivity contribution in [2.24, 2.45) is 0 Å². The molecule has 1 N–H and O–H groups in total. The number of nitrogens with one attached hydrogen (secondary N) is 1. The predicted octanol–water partition coefficient (Wildman–Crippen LogP) is 3.96. The highest BCUT2D eigenvalue weighted by Crippen LogP contribution is 2.36. The molecule has 2 aromatic rings. The van der Waals surface area contributed by atoms with E-state index in [1.807, 2.05) is 27.7 Å². The summed E-state index contributed by atoms with van der Waals surface area (Å²) in [7, 11) is -0.569. The Bertz CT molecular complexity index is 929. The van der Waals surface area contributed by atoms with Crippen LogP contribution in [0.1, 0.15) is 49.2 Å². The second-order valence-electron chi connectivity index (χ2n) is 8.04. The second-order valence-corrected chi connectivity index (χ2v) is 8.04. The van der Waals surface area contributed by atoms with Crippen molar-refractivity contribution in [2.45, 2.75) is 52.0 Å². The van der Waals surface area contributed by atoms with E-state index in [9.17, 15) is 18.0 Å². The van der Waals surface area contributed by atoms with Gasteiger partial charge in [0.1, 0.15) is 5.82 Å². The van der Waals surface area contributed by atoms with Crippen molar-refractivity contribution in [1.29, 1.82) is 0 Å². The van der Waals surface area contributed by atoms with Gasteiger partial charge in [-0.25, -0.2) is 4.98 Å². The predicted molar refractivity (Wildman–Crippen MR) is 104 cm³/mol. The van der Waals surface area contributed by atoms with E-state index in [0.29, 0.717) is 11.1 Å². The average molecular weight is 406 g/mol. The monoisotopic (exact) mass is 406 g/mol. The molecule has 1 aromatic carbocycles. The molecular weight excluding hydrogens is 384 g/mol. The SMILES string of the molecule is Cc1cc(B2OC(C)(C)C(C)(C)O2)ccc1C(=O)Nc1cc(C(F)(F)F)ccn1. The van der Waals surface area contributed by atoms with Crippen LogP contribution in [0.15, 0.2) is 36.5 Å². The minimum Gasteiger partial charge on any atom is -0.399 e. The number of carbonyl (C=O) groups excluding carboxylic acids is 1. The summed E-state index contributed by atoms with van der Waals surface area (Å²) in [4.78, 5) is 16.3. The van der Waals surface area contributed by atoms with Crippen LogP contribution in [0.2, 0.25) is 0 Å². The molecule has 0 atom stereocenters. The van der Waals surface area contributed by atoms with Crippen molar-refractivity contribution in [3.05, 3.63) is 53.2 Å². The number of pyridine rings is 1. The molecule has 1 amide bonds. The molecule has 0 unspecified atom stereocenters. The molecule has 3 rings (SSSR count). The number of nitrogens with zero attached hydrogens (tertiary/aromatic N) is 1. The number of hydrogen-bond acceptors (Lipinski definition) is 4. The number of aryl methyl sites for hydroxylation is 1. The molecule has 1 saturated heterocycles. The zero-order valence-corrected chi connectivity index (χ0v) is 16.8. The van der Waals surface area contributed by atoms with Gasteiger partial charge in [0.15, 0.2) is 0 Å². The molecule has 9 heteroatoms. The van der Waals surface area contributed by atoms with Crippen molar-refractivity contribution in [3.63, 3.8) is 0 Å². The average Bonchev–Trinajstić information content (AvgIpc) is 2.82. The Morgan fingerprint density at radius 2 is 1.69 bits per heavy atom. The van der Waals surface area contributed by atoms with Crippen LogP contribution >= 0.6 is 0 Å². The normalized spacial score (nSPS) is 18.0. The molecule has 1 aliphatic heterocycles. The van der Waals surface area contributed by atoms with E-state index in [1.54, 1.807) is 25.1 Å². The van der Waals surface area contributed by atoms with E-state index < -0.39 is 36.0 Å². The second kappa shape index (κ2) is 7.14. The smallest absolute Gasteiger partial charge is 0.399 e. The van der Waals surface area contributed by atoms with Crippen molar-refractivity contribution in [2.75, 3.05) is 5.32 Å². The first-order valence-corrected chi connectivity index (χ1v) is 9.11. The number of amides is 1. The number of halogens is 3. The quantitative estimate of drug-likeness (QED) is 0.785. The van der Waals surface area contributed by atoms with Crippen molar-refractivity contribution < 1.29 is 27.3 Å². The fraction of sp³-hybridized carbons (Fsp3) is 0.400. The lowest BCUT2D eigenvalue weighted by Gasteiger charge is -2.32. The number of aromatic nitrogens is 1. The van der Waals surface area contributed by atoms with Gasteiger partial charge in [-0.1, -0.05) is 12.1 Å². The van der Waals surface area contributed by atoms with E-state index in [-0.39, 0.29) is 5.82 Å². The molecule has 29 heavy (non-hydrogen) atoms. The van der Waals surface area contributed by atoms with Crippen LogP contribution in [0.5, 0.6) is 0 Å². The Morgan fingerprint density at radius 1 is 1.07 bits per heavy atom. The van der Waals surface area contributed by atoms with Gasteiger partial charge in [-0.05, 0) is 63.8 Å². The Hall–Kier alpha value is -2.39. The van der Waals surface area contributed by atoms with Crippen LogP contribution in [0.3, 0.4) is 0 Å². The topological polar surface area (TPSA) is 60.5 Å². The van der Waals surface area contributed by atoms with E-state index in [2.05, 4.69) is 10.3 Å². The standard InChI is InChI=1S/C20H22BF3N2O3/c1-12-10-14(21-28-18(2,3)19(4,5)29-21)6-7-15(12)17(27)26-16-11-13(8-9-25-16)20(22,23)24/h6-11H,1-5H3,(H,25,26,27). The highest BCUT2D eigenvalue weighted by molar-refractivity contribution is 6.62. The molecule has 0 bridgehead atoms. The minimum atomic E-state index is -4.51. The van der Waals surface area contributed by atoms with Crippen molar-refractivity contribution in [3.8, 4) is 0 Å². The highest BCUT2D eigenvalue weighted by atomic mass is 19.4. The molecule has 2 heterocycles. The summed E-state index contributed by atoms with van der Waals surface area (Å²) in [6, 6.07) is 6.73. The molecule has 5 nitrogen and oxygen atoms in total. The van der Waals surface area contributed by atoms with Gasteiger partial charge >= 0.3 is 13.3 Å². The van der Waals surface area contributed by atoms with Gasteiger partial charge in [-0.15, -0.1) is 0 Å². The lowest BCUT2D eigenvalue weighted by Crippen LogP contribution is -2.41. The number of anilines is 1. The number of rotatable bonds is 3. The number of carbonyl (C=O) groups is 1. The maximum absolute atomic E-state index is 12.8. The first-order valence-electron chi connectivity index (χ1n) is 9.11. The molecule has 0 saturated carbocycles. The third-order valence-electron chi connectivity index (χ3n) is 5.35. The Labute approximate surface area is 167 Å². The van der Waals surface area contributed by atoms with Gasteiger partial charge in [-0.2, -0.15) is 13.2 Å². The molecular formula is C20H22BF3N2O3. The van der Waals surface area contributed by atoms with E-state index in [4.69, 9.17) is 9.31 Å². The van der Waals surface area contributed by atoms with Crippen LogP contribution in [0.25, 0.3) is 0 Å². The Balaban J connectivity index is 1.78. The lowest BCUT2D eigenvalue weighted by molar-refractivity contribution is -0.137. The van der Waals surface area contributed by atoms with E-state index in [0.717, 1.165) is 23.8 Å². The summed E-state index contributed by atoms with van der Waals surface area (Å²) < 4.78 is 50.5. The zero-order valence-electron chi connectivity index (χ0n) is 16.8. The van der Waals surface area contributed by atoms with Gasteiger partial charge in [0.05, 0.1) is 16.8 Å². The molecule has 154 valence electrons. The molecule has 1 aliphatic rings. The number of benzene rings is 1. The fourth-order valence-electron chi connectivity index (χ4n) is 2.93. The van der Waals surface area contributed by atoms with Gasteiger partial charge in [0.2, 0.25) is 0 Å². The van der Waals surface area contributed by atoms with Gasteiger partial charge in [0.25, 0.3) is 5.91 Å². The van der Waals surface area contributed by atoms with Gasteiger partial charge in [0, 0.05) is 11.8 Å². The fourth-order valence-corrected chi connectivity index (χ4v) is 2.93. The van der Waals surface area contributed by atoms with Crippen LogP contribution in [-0.2, 0) is 15.5 Å². The highest BCUT2D eigenvalue weighted by Gasteiger charge is 2.51. The Morgan fingerprint density at radius 3 is 2.24 bits per heavy atom. The summed E-state index contributed by atoms with van der Waals surface area (Å²) in [5.41, 5.74) is -0.134. The molecule has 0 aliphatic carbocycles. The lowest BCUT2D eigenvalue weighted by atomic mass is 9.78. The molecule has 0 spiro atoms. The third-order valence-corrected chi connectivity index (χ3v) is 5.35. The van der Waals surface area contributed by atoms with Crippen LogP contribution in [0, 0.1) is 6.92 Å².